The quantitative estimate of drug-likeness (QED) is 0.440. The molecule has 1 amide bonds. The van der Waals surface area contributed by atoms with Gasteiger partial charge in [-0.1, -0.05) is 5.16 Å². The van der Waals surface area contributed by atoms with Gasteiger partial charge >= 0.3 is 6.09 Å². The van der Waals surface area contributed by atoms with Crippen molar-refractivity contribution in [3.05, 3.63) is 60.2 Å². The van der Waals surface area contributed by atoms with Crippen molar-refractivity contribution in [1.29, 1.82) is 0 Å². The van der Waals surface area contributed by atoms with Gasteiger partial charge in [-0.05, 0) is 46.7 Å². The van der Waals surface area contributed by atoms with Crippen LogP contribution in [0.3, 0.4) is 0 Å². The molecule has 0 N–H and O–H groups in total. The highest BCUT2D eigenvalue weighted by atomic mass is 19.1. The van der Waals surface area contributed by atoms with Crippen LogP contribution < -0.4 is 14.7 Å². The van der Waals surface area contributed by atoms with Crippen molar-refractivity contribution in [2.75, 3.05) is 47.4 Å². The summed E-state index contributed by atoms with van der Waals surface area (Å²) in [6, 6.07) is 12.4. The SMILES string of the molecule is O=C1O[C@@H](Cc2ccon2)CN1c1ccc(N2CCN(c3ccc4nonc4c3)CC2)c(F)c1. The van der Waals surface area contributed by atoms with Crippen molar-refractivity contribution >= 4 is 34.2 Å². The minimum atomic E-state index is -0.492. The topological polar surface area (TPSA) is 101 Å². The van der Waals surface area contributed by atoms with E-state index >= 15 is 4.39 Å². The predicted molar refractivity (Wildman–Crippen MR) is 120 cm³/mol. The summed E-state index contributed by atoms with van der Waals surface area (Å²) >= 11 is 0. The third kappa shape index (κ3) is 3.78. The second kappa shape index (κ2) is 8.32. The van der Waals surface area contributed by atoms with Crippen LogP contribution in [0.4, 0.5) is 26.2 Å². The Hall–Kier alpha value is -4.15. The summed E-state index contributed by atoms with van der Waals surface area (Å²) in [6.07, 6.45) is 1.07. The number of hydrogen-bond donors (Lipinski definition) is 0. The number of halogens is 1. The first kappa shape index (κ1) is 20.5. The number of rotatable bonds is 5. The number of hydrogen-bond acceptors (Lipinski definition) is 9. The average Bonchev–Trinajstić information content (AvgIpc) is 3.60. The lowest BCUT2D eigenvalue weighted by molar-refractivity contribution is 0.140. The van der Waals surface area contributed by atoms with Crippen molar-refractivity contribution in [3.8, 4) is 0 Å². The molecule has 174 valence electrons. The van der Waals surface area contributed by atoms with Crippen molar-refractivity contribution < 1.29 is 23.1 Å². The highest BCUT2D eigenvalue weighted by Crippen LogP contribution is 2.30. The Morgan fingerprint density at radius 2 is 1.71 bits per heavy atom. The standard InChI is InChI=1S/C23H21FN6O4/c24-19-12-17(30-14-18(33-23(30)31)11-15-5-10-32-25-15)2-4-22(19)29-8-6-28(7-9-29)16-1-3-20-21(13-16)27-34-26-20/h1-5,10,12-13,18H,6-9,11,14H2/t18-/m0/s1. The van der Waals surface area contributed by atoms with Gasteiger partial charge in [-0.25, -0.2) is 13.8 Å². The zero-order chi connectivity index (χ0) is 23.1. The summed E-state index contributed by atoms with van der Waals surface area (Å²) in [6.45, 7) is 3.13. The van der Waals surface area contributed by atoms with E-state index in [1.807, 2.05) is 23.1 Å². The van der Waals surface area contributed by atoms with Crippen LogP contribution in [0, 0.1) is 5.82 Å². The lowest BCUT2D eigenvalue weighted by atomic mass is 10.1. The first-order valence-electron chi connectivity index (χ1n) is 11.0. The van der Waals surface area contributed by atoms with E-state index in [2.05, 4.69) is 20.4 Å². The molecule has 0 bridgehead atoms. The van der Waals surface area contributed by atoms with E-state index in [0.717, 1.165) is 24.3 Å². The van der Waals surface area contributed by atoms with E-state index < -0.39 is 6.09 Å². The van der Waals surface area contributed by atoms with E-state index in [1.54, 1.807) is 18.2 Å². The number of cyclic esters (lactones) is 1. The van der Waals surface area contributed by atoms with Gasteiger partial charge in [0.25, 0.3) is 0 Å². The Morgan fingerprint density at radius 1 is 0.912 bits per heavy atom. The molecule has 2 aliphatic heterocycles. The van der Waals surface area contributed by atoms with E-state index in [4.69, 9.17) is 13.9 Å². The van der Waals surface area contributed by atoms with Crippen LogP contribution >= 0.6 is 0 Å². The minimum Gasteiger partial charge on any atom is -0.444 e. The predicted octanol–water partition coefficient (Wildman–Crippen LogP) is 3.24. The second-order valence-electron chi connectivity index (χ2n) is 8.36. The Labute approximate surface area is 193 Å². The van der Waals surface area contributed by atoms with Gasteiger partial charge in [-0.3, -0.25) is 4.90 Å². The number of carbonyl (C=O) groups excluding carboxylic acids is 1. The van der Waals surface area contributed by atoms with Gasteiger partial charge in [0.1, 0.15) is 29.2 Å². The first-order chi connectivity index (χ1) is 16.6. The Balaban J connectivity index is 1.11. The number of amides is 1. The fourth-order valence-electron chi connectivity index (χ4n) is 4.51. The summed E-state index contributed by atoms with van der Waals surface area (Å²) in [4.78, 5) is 18.0. The van der Waals surface area contributed by atoms with Gasteiger partial charge in [0.15, 0.2) is 0 Å². The molecular weight excluding hydrogens is 443 g/mol. The van der Waals surface area contributed by atoms with Crippen molar-refractivity contribution in [2.24, 2.45) is 0 Å². The maximum Gasteiger partial charge on any atom is 0.414 e. The number of ether oxygens (including phenoxy) is 1. The lowest BCUT2D eigenvalue weighted by Gasteiger charge is -2.37. The molecule has 11 heteroatoms. The van der Waals surface area contributed by atoms with Gasteiger partial charge < -0.3 is 19.1 Å². The molecule has 0 radical (unpaired) electrons. The number of piperazine rings is 1. The first-order valence-corrected chi connectivity index (χ1v) is 11.0. The molecular formula is C23H21FN6O4. The molecule has 10 nitrogen and oxygen atoms in total. The molecule has 2 aromatic heterocycles. The zero-order valence-electron chi connectivity index (χ0n) is 18.1. The van der Waals surface area contributed by atoms with Gasteiger partial charge in [0.05, 0.1) is 23.6 Å². The Bertz CT molecular complexity index is 1320. The van der Waals surface area contributed by atoms with Crippen LogP contribution in [0.15, 0.2) is 57.9 Å². The molecule has 0 spiro atoms. The van der Waals surface area contributed by atoms with Crippen LogP contribution in [0.2, 0.25) is 0 Å². The van der Waals surface area contributed by atoms with Crippen LogP contribution in [0.25, 0.3) is 11.0 Å². The lowest BCUT2D eigenvalue weighted by Crippen LogP contribution is -2.46. The highest BCUT2D eigenvalue weighted by Gasteiger charge is 2.33. The van der Waals surface area contributed by atoms with Crippen molar-refractivity contribution in [1.82, 2.24) is 15.5 Å². The Morgan fingerprint density at radius 3 is 2.50 bits per heavy atom. The normalized spacial score (nSPS) is 18.7. The number of aromatic nitrogens is 3. The summed E-state index contributed by atoms with van der Waals surface area (Å²) in [5.41, 5.74) is 4.17. The van der Waals surface area contributed by atoms with Crippen LogP contribution in [-0.4, -0.2) is 60.4 Å². The van der Waals surface area contributed by atoms with E-state index in [1.165, 1.54) is 17.2 Å². The van der Waals surface area contributed by atoms with Crippen molar-refractivity contribution in [2.45, 2.75) is 12.5 Å². The molecule has 6 rings (SSSR count). The molecule has 0 aliphatic carbocycles. The molecule has 2 saturated heterocycles. The van der Waals surface area contributed by atoms with Crippen LogP contribution in [0.5, 0.6) is 0 Å². The highest BCUT2D eigenvalue weighted by molar-refractivity contribution is 5.90. The molecule has 2 aromatic carbocycles. The van der Waals surface area contributed by atoms with Crippen LogP contribution in [0.1, 0.15) is 5.69 Å². The summed E-state index contributed by atoms with van der Waals surface area (Å²) in [5.74, 6) is -0.367. The largest absolute Gasteiger partial charge is 0.444 e. The average molecular weight is 464 g/mol. The fourth-order valence-corrected chi connectivity index (χ4v) is 4.51. The zero-order valence-corrected chi connectivity index (χ0v) is 18.1. The smallest absolute Gasteiger partial charge is 0.414 e. The molecule has 4 aromatic rings. The van der Waals surface area contributed by atoms with Gasteiger partial charge in [-0.15, -0.1) is 0 Å². The number of anilines is 3. The molecule has 0 saturated carbocycles. The van der Waals surface area contributed by atoms with Gasteiger partial charge in [-0.2, -0.15) is 0 Å². The van der Waals surface area contributed by atoms with E-state index in [-0.39, 0.29) is 11.9 Å². The second-order valence-corrected chi connectivity index (χ2v) is 8.36. The summed E-state index contributed by atoms with van der Waals surface area (Å²) in [7, 11) is 0. The van der Waals surface area contributed by atoms with Gasteiger partial charge in [0.2, 0.25) is 0 Å². The number of carbonyl (C=O) groups is 1. The number of fused-ring (bicyclic) bond motifs is 1. The maximum absolute atomic E-state index is 15.1. The fraction of sp³-hybridized carbons (Fsp3) is 0.304. The monoisotopic (exact) mass is 464 g/mol. The van der Waals surface area contributed by atoms with E-state index in [9.17, 15) is 4.79 Å². The van der Waals surface area contributed by atoms with E-state index in [0.29, 0.717) is 48.6 Å². The number of benzene rings is 2. The molecule has 2 fully saturated rings. The summed E-state index contributed by atoms with van der Waals surface area (Å²) in [5, 5.41) is 11.6. The molecule has 1 atom stereocenters. The third-order valence-electron chi connectivity index (χ3n) is 6.27. The Kier molecular flexibility index (Phi) is 5.01. The van der Waals surface area contributed by atoms with Gasteiger partial charge in [0, 0.05) is 44.4 Å². The van der Waals surface area contributed by atoms with Crippen molar-refractivity contribution in [3.63, 3.8) is 0 Å². The molecule has 0 unspecified atom stereocenters. The molecule has 34 heavy (non-hydrogen) atoms. The van der Waals surface area contributed by atoms with Crippen LogP contribution in [-0.2, 0) is 11.2 Å². The minimum absolute atomic E-state index is 0.328. The maximum atomic E-state index is 15.1. The molecule has 2 aliphatic rings. The molecule has 4 heterocycles. The summed E-state index contributed by atoms with van der Waals surface area (Å²) < 4.78 is 30.1. The third-order valence-corrected chi connectivity index (χ3v) is 6.27. The number of nitrogens with zero attached hydrogens (tertiary/aromatic N) is 6.